The zero-order chi connectivity index (χ0) is 41.7. The minimum Gasteiger partial charge on any atom is -0.310 e. The number of nitrogens with zero attached hydrogens (tertiary/aromatic N) is 1. The van der Waals surface area contributed by atoms with Crippen LogP contribution < -0.4 is 4.90 Å². The fourth-order valence-electron chi connectivity index (χ4n) is 9.92. The molecule has 0 saturated carbocycles. The minimum atomic E-state index is 1.09. The molecular formula is C62H41N. The molecule has 0 radical (unpaired) electrons. The van der Waals surface area contributed by atoms with Gasteiger partial charge < -0.3 is 4.90 Å². The van der Waals surface area contributed by atoms with Gasteiger partial charge in [-0.15, -0.1) is 0 Å². The number of fused-ring (bicyclic) bond motifs is 7. The van der Waals surface area contributed by atoms with Crippen molar-refractivity contribution >= 4 is 70.9 Å². The normalized spacial score (nSPS) is 11.5. The molecule has 12 aromatic rings. The van der Waals surface area contributed by atoms with Gasteiger partial charge in [-0.1, -0.05) is 212 Å². The Morgan fingerprint density at radius 2 is 0.730 bits per heavy atom. The number of benzene rings is 12. The first-order chi connectivity index (χ1) is 31.3. The molecule has 0 fully saturated rings. The molecular weight excluding hydrogens is 759 g/mol. The third kappa shape index (κ3) is 6.33. The lowest BCUT2D eigenvalue weighted by atomic mass is 9.84. The van der Waals surface area contributed by atoms with Crippen LogP contribution in [0.3, 0.4) is 0 Å². The highest BCUT2D eigenvalue weighted by Crippen LogP contribution is 2.47. The van der Waals surface area contributed by atoms with Crippen molar-refractivity contribution in [2.45, 2.75) is 0 Å². The fourth-order valence-corrected chi connectivity index (χ4v) is 9.92. The maximum Gasteiger partial charge on any atom is 0.0546 e. The topological polar surface area (TPSA) is 3.24 Å². The van der Waals surface area contributed by atoms with Crippen LogP contribution in [0.2, 0.25) is 0 Å². The number of hydrogen-bond acceptors (Lipinski definition) is 1. The molecule has 1 nitrogen and oxygen atoms in total. The van der Waals surface area contributed by atoms with Gasteiger partial charge in [-0.05, 0) is 129 Å². The molecule has 63 heavy (non-hydrogen) atoms. The van der Waals surface area contributed by atoms with E-state index in [1.165, 1.54) is 98.4 Å². The first kappa shape index (κ1) is 36.6. The number of rotatable bonds is 7. The van der Waals surface area contributed by atoms with Gasteiger partial charge in [0, 0.05) is 16.8 Å². The number of anilines is 3. The molecule has 0 atom stereocenters. The van der Waals surface area contributed by atoms with Crippen molar-refractivity contribution in [3.8, 4) is 44.5 Å². The maximum absolute atomic E-state index is 2.44. The molecule has 0 aromatic heterocycles. The summed E-state index contributed by atoms with van der Waals surface area (Å²) in [6.45, 7) is 0. The average molecular weight is 800 g/mol. The molecule has 0 aliphatic carbocycles. The van der Waals surface area contributed by atoms with E-state index in [4.69, 9.17) is 0 Å². The van der Waals surface area contributed by atoms with E-state index in [2.05, 4.69) is 254 Å². The summed E-state index contributed by atoms with van der Waals surface area (Å²) in [5, 5.41) is 12.4. The fraction of sp³-hybridized carbons (Fsp3) is 0. The largest absolute Gasteiger partial charge is 0.310 e. The van der Waals surface area contributed by atoms with Crippen LogP contribution in [0.25, 0.3) is 98.4 Å². The van der Waals surface area contributed by atoms with Crippen molar-refractivity contribution in [3.05, 3.63) is 249 Å². The van der Waals surface area contributed by atoms with Gasteiger partial charge in [0.15, 0.2) is 0 Å². The zero-order valence-electron chi connectivity index (χ0n) is 34.6. The highest BCUT2D eigenvalue weighted by Gasteiger charge is 2.21. The molecule has 0 bridgehead atoms. The van der Waals surface area contributed by atoms with E-state index < -0.39 is 0 Å². The Morgan fingerprint density at radius 3 is 1.46 bits per heavy atom. The highest BCUT2D eigenvalue weighted by atomic mass is 15.1. The van der Waals surface area contributed by atoms with Crippen molar-refractivity contribution < 1.29 is 0 Å². The summed E-state index contributed by atoms with van der Waals surface area (Å²) in [7, 11) is 0. The molecule has 0 heterocycles. The van der Waals surface area contributed by atoms with Crippen molar-refractivity contribution in [2.24, 2.45) is 0 Å². The van der Waals surface area contributed by atoms with Crippen LogP contribution in [0.5, 0.6) is 0 Å². The predicted molar refractivity (Wildman–Crippen MR) is 270 cm³/mol. The molecule has 0 spiro atoms. The molecule has 0 aliphatic heterocycles. The lowest BCUT2D eigenvalue weighted by Gasteiger charge is -2.28. The van der Waals surface area contributed by atoms with E-state index in [1.807, 2.05) is 0 Å². The predicted octanol–water partition coefficient (Wildman–Crippen LogP) is 17.6. The molecule has 12 rings (SSSR count). The first-order valence-electron chi connectivity index (χ1n) is 21.8. The van der Waals surface area contributed by atoms with Crippen LogP contribution in [0, 0.1) is 0 Å². The Bertz CT molecular complexity index is 3660. The highest BCUT2D eigenvalue weighted by molar-refractivity contribution is 6.22. The summed E-state index contributed by atoms with van der Waals surface area (Å²) in [4.78, 5) is 2.44. The standard InChI is InChI=1S/C62H41N/c1-3-18-44(19-4-1)61-58-31-14-12-29-55(58)56-38-35-46(40-59(56)62(61)45-20-5-2-6-21-45)42-33-36-49(37-34-42)63(60-41-48-22-8-10-27-53(48)54-28-11-13-30-57(54)60)50-25-15-24-47(39-50)52-32-16-23-43-17-7-9-26-51(43)52/h1-41H. The summed E-state index contributed by atoms with van der Waals surface area (Å²) in [5.41, 5.74) is 13.1. The molecule has 0 saturated heterocycles. The monoisotopic (exact) mass is 799 g/mol. The molecule has 1 heteroatoms. The molecule has 0 amide bonds. The van der Waals surface area contributed by atoms with Gasteiger partial charge in [0.1, 0.15) is 0 Å². The summed E-state index contributed by atoms with van der Waals surface area (Å²) in [5.74, 6) is 0. The second-order valence-electron chi connectivity index (χ2n) is 16.4. The zero-order valence-corrected chi connectivity index (χ0v) is 34.6. The quantitative estimate of drug-likeness (QED) is 0.145. The van der Waals surface area contributed by atoms with E-state index in [9.17, 15) is 0 Å². The third-order valence-corrected chi connectivity index (χ3v) is 12.8. The van der Waals surface area contributed by atoms with Crippen LogP contribution in [0.1, 0.15) is 0 Å². The van der Waals surface area contributed by atoms with Gasteiger partial charge in [0.05, 0.1) is 5.69 Å². The van der Waals surface area contributed by atoms with E-state index in [0.717, 1.165) is 17.1 Å². The summed E-state index contributed by atoms with van der Waals surface area (Å²) >= 11 is 0. The minimum absolute atomic E-state index is 1.09. The van der Waals surface area contributed by atoms with E-state index >= 15 is 0 Å². The Morgan fingerprint density at radius 1 is 0.222 bits per heavy atom. The van der Waals surface area contributed by atoms with Crippen LogP contribution in [0.4, 0.5) is 17.1 Å². The summed E-state index contributed by atoms with van der Waals surface area (Å²) in [6.07, 6.45) is 0. The average Bonchev–Trinajstić information content (AvgIpc) is 3.36. The van der Waals surface area contributed by atoms with Crippen molar-refractivity contribution in [2.75, 3.05) is 4.90 Å². The van der Waals surface area contributed by atoms with Crippen molar-refractivity contribution in [1.82, 2.24) is 0 Å². The first-order valence-corrected chi connectivity index (χ1v) is 21.8. The third-order valence-electron chi connectivity index (χ3n) is 12.8. The second-order valence-corrected chi connectivity index (χ2v) is 16.4. The Balaban J connectivity index is 1.05. The van der Waals surface area contributed by atoms with Gasteiger partial charge in [0.25, 0.3) is 0 Å². The van der Waals surface area contributed by atoms with Crippen molar-refractivity contribution in [3.63, 3.8) is 0 Å². The van der Waals surface area contributed by atoms with E-state index in [0.29, 0.717) is 0 Å². The van der Waals surface area contributed by atoms with Gasteiger partial charge in [-0.2, -0.15) is 0 Å². The molecule has 294 valence electrons. The van der Waals surface area contributed by atoms with Crippen LogP contribution >= 0.6 is 0 Å². The van der Waals surface area contributed by atoms with Crippen molar-refractivity contribution in [1.29, 1.82) is 0 Å². The van der Waals surface area contributed by atoms with E-state index in [-0.39, 0.29) is 0 Å². The lowest BCUT2D eigenvalue weighted by molar-refractivity contribution is 1.30. The number of hydrogen-bond donors (Lipinski definition) is 0. The van der Waals surface area contributed by atoms with Gasteiger partial charge in [-0.25, -0.2) is 0 Å². The smallest absolute Gasteiger partial charge is 0.0546 e. The SMILES string of the molecule is c1ccc(-c2c(-c3ccccc3)c3cc(-c4ccc(N(c5cccc(-c6cccc7ccccc67)c5)c5cc6ccccc6c6ccccc56)cc4)ccc3c3ccccc23)cc1. The molecule has 0 unspecified atom stereocenters. The van der Waals surface area contributed by atoms with E-state index in [1.54, 1.807) is 0 Å². The molecule has 0 N–H and O–H groups in total. The van der Waals surface area contributed by atoms with Gasteiger partial charge >= 0.3 is 0 Å². The maximum atomic E-state index is 2.44. The lowest BCUT2D eigenvalue weighted by Crippen LogP contribution is -2.11. The Hall–Kier alpha value is -8.26. The van der Waals surface area contributed by atoms with Crippen LogP contribution in [0.15, 0.2) is 249 Å². The summed E-state index contributed by atoms with van der Waals surface area (Å²) in [6, 6.07) is 91.1. The molecule has 0 aliphatic rings. The van der Waals surface area contributed by atoms with Gasteiger partial charge in [-0.3, -0.25) is 0 Å². The molecule has 12 aromatic carbocycles. The second kappa shape index (κ2) is 15.3. The van der Waals surface area contributed by atoms with Crippen LogP contribution in [-0.2, 0) is 0 Å². The summed E-state index contributed by atoms with van der Waals surface area (Å²) < 4.78 is 0. The van der Waals surface area contributed by atoms with Gasteiger partial charge in [0.2, 0.25) is 0 Å². The Labute approximate surface area is 367 Å². The van der Waals surface area contributed by atoms with Crippen LogP contribution in [-0.4, -0.2) is 0 Å². The Kier molecular flexibility index (Phi) is 8.90.